The molecule has 2 aliphatic rings. The van der Waals surface area contributed by atoms with Gasteiger partial charge in [0.1, 0.15) is 0 Å². The number of aromatic nitrogens is 2. The lowest BCUT2D eigenvalue weighted by Gasteiger charge is -2.21. The van der Waals surface area contributed by atoms with Gasteiger partial charge in [-0.3, -0.25) is 10.2 Å². The maximum Gasteiger partial charge on any atom is 0.320 e. The molecular weight excluding hydrogens is 629 g/mol. The van der Waals surface area contributed by atoms with Crippen LogP contribution in [-0.4, -0.2) is 66.6 Å². The van der Waals surface area contributed by atoms with E-state index < -0.39 is 17.7 Å². The Bertz CT molecular complexity index is 1280. The van der Waals surface area contributed by atoms with E-state index >= 15 is 0 Å². The topological polar surface area (TPSA) is 83.4 Å². The highest BCUT2D eigenvalue weighted by molar-refractivity contribution is 9.10. The minimum absolute atomic E-state index is 0. The molecule has 2 fully saturated rings. The maximum absolute atomic E-state index is 14.1. The molecule has 0 aliphatic carbocycles. The van der Waals surface area contributed by atoms with Crippen molar-refractivity contribution in [2.24, 2.45) is 0 Å². The van der Waals surface area contributed by atoms with Crippen LogP contribution >= 0.6 is 40.7 Å². The van der Waals surface area contributed by atoms with Gasteiger partial charge in [-0.1, -0.05) is 24.3 Å². The summed E-state index contributed by atoms with van der Waals surface area (Å²) in [5.41, 5.74) is 2.30. The zero-order valence-electron chi connectivity index (χ0n) is 21.9. The van der Waals surface area contributed by atoms with E-state index in [0.717, 1.165) is 41.3 Å². The summed E-state index contributed by atoms with van der Waals surface area (Å²) in [6.07, 6.45) is 2.02. The monoisotopic (exact) mass is 660 g/mol. The van der Waals surface area contributed by atoms with Crippen molar-refractivity contribution in [1.82, 2.24) is 25.3 Å². The average Bonchev–Trinajstić information content (AvgIpc) is 3.65. The first kappa shape index (κ1) is 32.2. The molecule has 0 radical (unpaired) electrons. The standard InChI is InChI=1S/C27H31BrF2N6O2.2ClH/c1-38-13-12-35-15-19(17-9-10-20(29)21(30)14-17)23(16-35)32-27(37)33-26-24(28)25(22-8-5-11-31-22)34-36(26)18-6-3-2-4-7-18;;/h2-4,6-7,9-10,14,19,22-23,31H,5,8,11-13,15-16H2,1H3,(H2,32,33,37);2*1H/t19-,22?,23+;;/m0../s1. The first-order chi connectivity index (χ1) is 18.4. The normalized spacial score (nSPS) is 20.6. The summed E-state index contributed by atoms with van der Waals surface area (Å²) in [6, 6.07) is 12.9. The van der Waals surface area contributed by atoms with Gasteiger partial charge >= 0.3 is 6.03 Å². The number of nitrogens with one attached hydrogen (secondary N) is 3. The Morgan fingerprint density at radius 3 is 2.60 bits per heavy atom. The van der Waals surface area contributed by atoms with Crippen LogP contribution in [0.4, 0.5) is 19.4 Å². The summed E-state index contributed by atoms with van der Waals surface area (Å²) in [5.74, 6) is -1.48. The van der Waals surface area contributed by atoms with E-state index in [-0.39, 0.29) is 42.8 Å². The lowest BCUT2D eigenvalue weighted by atomic mass is 9.94. The van der Waals surface area contributed by atoms with Crippen LogP contribution in [0.5, 0.6) is 0 Å². The van der Waals surface area contributed by atoms with Crippen LogP contribution in [-0.2, 0) is 4.74 Å². The van der Waals surface area contributed by atoms with Crippen LogP contribution in [0.25, 0.3) is 5.69 Å². The lowest BCUT2D eigenvalue weighted by Crippen LogP contribution is -2.42. The minimum atomic E-state index is -0.898. The quantitative estimate of drug-likeness (QED) is 0.301. The molecule has 8 nitrogen and oxygen atoms in total. The minimum Gasteiger partial charge on any atom is -0.383 e. The van der Waals surface area contributed by atoms with Gasteiger partial charge in [0.05, 0.1) is 34.5 Å². The number of carbonyl (C=O) groups excluding carboxylic acids is 1. The third kappa shape index (κ3) is 7.13. The summed E-state index contributed by atoms with van der Waals surface area (Å²) in [5, 5.41) is 14.4. The van der Waals surface area contributed by atoms with Gasteiger partial charge in [0, 0.05) is 32.7 Å². The first-order valence-electron chi connectivity index (χ1n) is 12.8. The molecule has 2 aliphatic heterocycles. The highest BCUT2D eigenvalue weighted by Gasteiger charge is 2.36. The molecule has 2 aromatic carbocycles. The molecule has 2 saturated heterocycles. The number of hydrogen-bond acceptors (Lipinski definition) is 5. The fourth-order valence-electron chi connectivity index (χ4n) is 5.25. The molecule has 40 heavy (non-hydrogen) atoms. The Kier molecular flexibility index (Phi) is 11.7. The van der Waals surface area contributed by atoms with Crippen molar-refractivity contribution in [3.05, 3.63) is 75.9 Å². The SMILES string of the molecule is COCCN1C[C@@H](NC(=O)Nc2c(Br)c(C3CCCN3)nn2-c2ccccc2)[C@H](c2ccc(F)c(F)c2)C1.Cl.Cl. The second kappa shape index (κ2) is 14.6. The van der Waals surface area contributed by atoms with Crippen molar-refractivity contribution >= 4 is 52.6 Å². The summed E-state index contributed by atoms with van der Waals surface area (Å²) in [7, 11) is 1.63. The maximum atomic E-state index is 14.1. The van der Waals surface area contributed by atoms with Crippen molar-refractivity contribution in [2.75, 3.05) is 45.2 Å². The highest BCUT2D eigenvalue weighted by Crippen LogP contribution is 2.36. The van der Waals surface area contributed by atoms with E-state index in [1.54, 1.807) is 17.9 Å². The van der Waals surface area contributed by atoms with Crippen LogP contribution in [0.2, 0.25) is 0 Å². The van der Waals surface area contributed by atoms with Crippen molar-refractivity contribution in [1.29, 1.82) is 0 Å². The lowest BCUT2D eigenvalue weighted by molar-refractivity contribution is 0.159. The number of carbonyl (C=O) groups is 1. The van der Waals surface area contributed by atoms with Crippen LogP contribution in [0.3, 0.4) is 0 Å². The number of rotatable bonds is 8. The van der Waals surface area contributed by atoms with Gasteiger partial charge in [0.15, 0.2) is 17.5 Å². The zero-order valence-corrected chi connectivity index (χ0v) is 25.1. The predicted molar refractivity (Wildman–Crippen MR) is 159 cm³/mol. The summed E-state index contributed by atoms with van der Waals surface area (Å²) >= 11 is 3.69. The summed E-state index contributed by atoms with van der Waals surface area (Å²) in [4.78, 5) is 15.5. The van der Waals surface area contributed by atoms with Crippen LogP contribution < -0.4 is 16.0 Å². The van der Waals surface area contributed by atoms with E-state index in [1.807, 2.05) is 30.3 Å². The number of likely N-dealkylation sites (tertiary alicyclic amines) is 1. The molecule has 1 unspecified atom stereocenters. The van der Waals surface area contributed by atoms with E-state index in [1.165, 1.54) is 6.07 Å². The molecule has 3 atom stereocenters. The van der Waals surface area contributed by atoms with Crippen molar-refractivity contribution in [2.45, 2.75) is 30.8 Å². The molecule has 3 aromatic rings. The third-order valence-electron chi connectivity index (χ3n) is 7.17. The van der Waals surface area contributed by atoms with Crippen molar-refractivity contribution in [3.63, 3.8) is 0 Å². The van der Waals surface area contributed by atoms with Gasteiger partial charge in [0.2, 0.25) is 0 Å². The van der Waals surface area contributed by atoms with Crippen molar-refractivity contribution < 1.29 is 18.3 Å². The number of methoxy groups -OCH3 is 1. The fourth-order valence-corrected chi connectivity index (χ4v) is 5.87. The molecule has 13 heteroatoms. The average molecular weight is 662 g/mol. The van der Waals surface area contributed by atoms with Crippen LogP contribution in [0.15, 0.2) is 53.0 Å². The second-order valence-corrected chi connectivity index (χ2v) is 10.5. The molecule has 0 saturated carbocycles. The van der Waals surface area contributed by atoms with Gasteiger partial charge in [-0.05, 0) is 65.1 Å². The molecule has 1 aromatic heterocycles. The van der Waals surface area contributed by atoms with E-state index in [9.17, 15) is 13.6 Å². The number of nitrogens with zero attached hydrogens (tertiary/aromatic N) is 3. The molecule has 3 heterocycles. The van der Waals surface area contributed by atoms with Crippen molar-refractivity contribution in [3.8, 4) is 5.69 Å². The Balaban J connectivity index is 0.00000220. The number of benzene rings is 2. The number of para-hydroxylation sites is 1. The van der Waals surface area contributed by atoms with E-state index in [2.05, 4.69) is 36.8 Å². The second-order valence-electron chi connectivity index (χ2n) is 9.68. The number of ether oxygens (including phenoxy) is 1. The largest absolute Gasteiger partial charge is 0.383 e. The van der Waals surface area contributed by atoms with Crippen LogP contribution in [0, 0.1) is 11.6 Å². The Morgan fingerprint density at radius 1 is 1.15 bits per heavy atom. The molecule has 0 bridgehead atoms. The van der Waals surface area contributed by atoms with Gasteiger partial charge in [0.25, 0.3) is 0 Å². The molecular formula is C27H33BrCl2F2N6O2. The summed E-state index contributed by atoms with van der Waals surface area (Å²) < 4.78 is 35.3. The van der Waals surface area contributed by atoms with E-state index in [0.29, 0.717) is 37.6 Å². The Labute approximate surface area is 253 Å². The number of urea groups is 1. The number of anilines is 1. The number of halogens is 5. The molecule has 2 amide bonds. The van der Waals surface area contributed by atoms with Gasteiger partial charge in [-0.15, -0.1) is 24.8 Å². The van der Waals surface area contributed by atoms with Gasteiger partial charge in [-0.2, -0.15) is 5.10 Å². The molecule has 3 N–H and O–H groups in total. The van der Waals surface area contributed by atoms with E-state index in [4.69, 9.17) is 9.84 Å². The summed E-state index contributed by atoms with van der Waals surface area (Å²) in [6.45, 7) is 3.26. The van der Waals surface area contributed by atoms with Gasteiger partial charge < -0.3 is 15.4 Å². The van der Waals surface area contributed by atoms with Gasteiger partial charge in [-0.25, -0.2) is 18.3 Å². The smallest absolute Gasteiger partial charge is 0.320 e. The van der Waals surface area contributed by atoms with Crippen LogP contribution in [0.1, 0.15) is 36.1 Å². The Hall–Kier alpha value is -2.28. The predicted octanol–water partition coefficient (Wildman–Crippen LogP) is 5.42. The number of amides is 2. The molecule has 0 spiro atoms. The highest BCUT2D eigenvalue weighted by atomic mass is 79.9. The fraction of sp³-hybridized carbons (Fsp3) is 0.407. The molecule has 218 valence electrons. The molecule has 5 rings (SSSR count). The zero-order chi connectivity index (χ0) is 26.6. The third-order valence-corrected chi connectivity index (χ3v) is 7.95. The Morgan fingerprint density at radius 2 is 1.93 bits per heavy atom. The number of hydrogen-bond donors (Lipinski definition) is 3. The first-order valence-corrected chi connectivity index (χ1v) is 13.5.